The van der Waals surface area contributed by atoms with Gasteiger partial charge in [0.25, 0.3) is 5.91 Å². The van der Waals surface area contributed by atoms with Crippen LogP contribution in [0.4, 0.5) is 11.4 Å². The molecule has 0 radical (unpaired) electrons. The largest absolute Gasteiger partial charge is 0.399 e. The molecule has 3 N–H and O–H groups in total. The quantitative estimate of drug-likeness (QED) is 0.832. The Kier molecular flexibility index (Phi) is 3.14. The number of anilines is 2. The molecule has 2 rings (SSSR count). The number of nitrogens with zero attached hydrogens (tertiary/aromatic N) is 2. The molecule has 1 amide bonds. The van der Waals surface area contributed by atoms with Crippen LogP contribution in [0, 0.1) is 0 Å². The normalized spacial score (nSPS) is 10.2. The molecule has 0 atom stereocenters. The molecule has 0 spiro atoms. The number of nitrogens with one attached hydrogen (secondary N) is 1. The molecule has 1 heterocycles. The highest BCUT2D eigenvalue weighted by atomic mass is 79.9. The number of rotatable bonds is 2. The maximum Gasteiger partial charge on any atom is 0.276 e. The summed E-state index contributed by atoms with van der Waals surface area (Å²) in [5, 5.41) is 6.77. The zero-order valence-electron chi connectivity index (χ0n) is 9.14. The van der Waals surface area contributed by atoms with Crippen molar-refractivity contribution in [2.45, 2.75) is 0 Å². The Morgan fingerprint density at radius 1 is 1.47 bits per heavy atom. The van der Waals surface area contributed by atoms with Gasteiger partial charge in [-0.2, -0.15) is 5.10 Å². The Labute approximate surface area is 107 Å². The van der Waals surface area contributed by atoms with Gasteiger partial charge in [-0.05, 0) is 40.2 Å². The summed E-state index contributed by atoms with van der Waals surface area (Å²) >= 11 is 3.33. The summed E-state index contributed by atoms with van der Waals surface area (Å²) in [7, 11) is 1.76. The zero-order chi connectivity index (χ0) is 12.4. The third-order valence-electron chi connectivity index (χ3n) is 2.19. The number of carbonyl (C=O) groups is 1. The second-order valence-electron chi connectivity index (χ2n) is 3.57. The molecule has 6 heteroatoms. The number of hydrogen-bond donors (Lipinski definition) is 2. The Hall–Kier alpha value is -1.82. The van der Waals surface area contributed by atoms with Crippen molar-refractivity contribution in [2.75, 3.05) is 11.1 Å². The third-order valence-corrected chi connectivity index (χ3v) is 2.84. The highest BCUT2D eigenvalue weighted by Crippen LogP contribution is 2.24. The molecule has 1 aromatic heterocycles. The number of hydrogen-bond acceptors (Lipinski definition) is 3. The number of nitrogen functional groups attached to an aromatic ring is 1. The number of amides is 1. The van der Waals surface area contributed by atoms with Gasteiger partial charge >= 0.3 is 0 Å². The van der Waals surface area contributed by atoms with Crippen molar-refractivity contribution in [1.82, 2.24) is 9.78 Å². The van der Waals surface area contributed by atoms with Gasteiger partial charge in [-0.25, -0.2) is 0 Å². The fourth-order valence-corrected chi connectivity index (χ4v) is 1.85. The van der Waals surface area contributed by atoms with Crippen LogP contribution in [-0.4, -0.2) is 15.7 Å². The highest BCUT2D eigenvalue weighted by Gasteiger charge is 2.10. The predicted molar refractivity (Wildman–Crippen MR) is 69.7 cm³/mol. The van der Waals surface area contributed by atoms with E-state index in [0.29, 0.717) is 17.1 Å². The summed E-state index contributed by atoms with van der Waals surface area (Å²) in [5.41, 5.74) is 7.28. The SMILES string of the molecule is Cn1ccc(C(=O)Nc2ccc(N)cc2Br)n1. The average molecular weight is 295 g/mol. The number of nitrogens with two attached hydrogens (primary N) is 1. The van der Waals surface area contributed by atoms with Crippen LogP contribution in [0.25, 0.3) is 0 Å². The Bertz CT molecular complexity index is 564. The van der Waals surface area contributed by atoms with Gasteiger partial charge in [0.1, 0.15) is 0 Å². The molecule has 88 valence electrons. The van der Waals surface area contributed by atoms with Gasteiger partial charge in [0.05, 0.1) is 5.69 Å². The van der Waals surface area contributed by atoms with E-state index in [1.165, 1.54) is 0 Å². The molecule has 17 heavy (non-hydrogen) atoms. The number of aromatic nitrogens is 2. The van der Waals surface area contributed by atoms with Crippen molar-refractivity contribution < 1.29 is 4.79 Å². The van der Waals surface area contributed by atoms with E-state index in [9.17, 15) is 4.79 Å². The molecular weight excluding hydrogens is 284 g/mol. The van der Waals surface area contributed by atoms with E-state index < -0.39 is 0 Å². The second-order valence-corrected chi connectivity index (χ2v) is 4.42. The molecule has 0 aliphatic carbocycles. The van der Waals surface area contributed by atoms with E-state index in [1.807, 2.05) is 0 Å². The van der Waals surface area contributed by atoms with Crippen LogP contribution >= 0.6 is 15.9 Å². The number of carbonyl (C=O) groups excluding carboxylic acids is 1. The van der Waals surface area contributed by atoms with Crippen LogP contribution in [0.3, 0.4) is 0 Å². The minimum absolute atomic E-state index is 0.254. The van der Waals surface area contributed by atoms with Crippen molar-refractivity contribution in [3.8, 4) is 0 Å². The average Bonchev–Trinajstić information content (AvgIpc) is 2.69. The smallest absolute Gasteiger partial charge is 0.276 e. The van der Waals surface area contributed by atoms with Crippen LogP contribution in [-0.2, 0) is 7.05 Å². The molecule has 0 bridgehead atoms. The van der Waals surface area contributed by atoms with Crippen molar-refractivity contribution >= 4 is 33.2 Å². The first kappa shape index (κ1) is 11.7. The molecule has 5 nitrogen and oxygen atoms in total. The second kappa shape index (κ2) is 4.58. The van der Waals surface area contributed by atoms with E-state index in [4.69, 9.17) is 5.73 Å². The van der Waals surface area contributed by atoms with E-state index in [1.54, 1.807) is 42.2 Å². The summed E-state index contributed by atoms with van der Waals surface area (Å²) in [5.74, 6) is -0.254. The summed E-state index contributed by atoms with van der Waals surface area (Å²) in [6.07, 6.45) is 1.72. The molecular formula is C11H11BrN4O. The zero-order valence-corrected chi connectivity index (χ0v) is 10.7. The van der Waals surface area contributed by atoms with Crippen LogP contribution in [0.1, 0.15) is 10.5 Å². The summed E-state index contributed by atoms with van der Waals surface area (Å²) in [6.45, 7) is 0. The lowest BCUT2D eigenvalue weighted by Gasteiger charge is -2.06. The number of halogens is 1. The van der Waals surface area contributed by atoms with Gasteiger partial charge in [0, 0.05) is 23.4 Å². The van der Waals surface area contributed by atoms with Gasteiger partial charge in [0.2, 0.25) is 0 Å². The first-order valence-electron chi connectivity index (χ1n) is 4.92. The first-order valence-corrected chi connectivity index (χ1v) is 5.71. The molecule has 2 aromatic rings. The summed E-state index contributed by atoms with van der Waals surface area (Å²) in [6, 6.07) is 6.84. The Morgan fingerprint density at radius 3 is 2.82 bits per heavy atom. The molecule has 0 unspecified atom stereocenters. The van der Waals surface area contributed by atoms with Gasteiger partial charge in [-0.1, -0.05) is 0 Å². The van der Waals surface area contributed by atoms with Crippen LogP contribution in [0.15, 0.2) is 34.9 Å². The fourth-order valence-electron chi connectivity index (χ4n) is 1.36. The van der Waals surface area contributed by atoms with Crippen LogP contribution < -0.4 is 11.1 Å². The lowest BCUT2D eigenvalue weighted by molar-refractivity contribution is 0.102. The van der Waals surface area contributed by atoms with Crippen molar-refractivity contribution in [1.29, 1.82) is 0 Å². The van der Waals surface area contributed by atoms with Crippen LogP contribution in [0.2, 0.25) is 0 Å². The lowest BCUT2D eigenvalue weighted by Crippen LogP contribution is -2.13. The van der Waals surface area contributed by atoms with Crippen molar-refractivity contribution in [2.24, 2.45) is 7.05 Å². The monoisotopic (exact) mass is 294 g/mol. The predicted octanol–water partition coefficient (Wildman–Crippen LogP) is 2.02. The molecule has 0 fully saturated rings. The fraction of sp³-hybridized carbons (Fsp3) is 0.0909. The molecule has 0 aliphatic heterocycles. The van der Waals surface area contributed by atoms with Crippen molar-refractivity contribution in [3.05, 3.63) is 40.6 Å². The van der Waals surface area contributed by atoms with E-state index in [2.05, 4.69) is 26.3 Å². The molecule has 0 saturated carbocycles. The Morgan fingerprint density at radius 2 is 2.24 bits per heavy atom. The molecule has 0 saturated heterocycles. The van der Waals surface area contributed by atoms with Crippen molar-refractivity contribution in [3.63, 3.8) is 0 Å². The van der Waals surface area contributed by atoms with Gasteiger partial charge in [-0.3, -0.25) is 9.48 Å². The third kappa shape index (κ3) is 2.65. The minimum atomic E-state index is -0.254. The minimum Gasteiger partial charge on any atom is -0.399 e. The molecule has 0 aliphatic rings. The van der Waals surface area contributed by atoms with Gasteiger partial charge in [-0.15, -0.1) is 0 Å². The van der Waals surface area contributed by atoms with Gasteiger partial charge < -0.3 is 11.1 Å². The first-order chi connectivity index (χ1) is 8.06. The van der Waals surface area contributed by atoms with Crippen LogP contribution in [0.5, 0.6) is 0 Å². The number of aryl methyl sites for hydroxylation is 1. The van der Waals surface area contributed by atoms with E-state index in [-0.39, 0.29) is 5.91 Å². The Balaban J connectivity index is 2.18. The van der Waals surface area contributed by atoms with E-state index >= 15 is 0 Å². The molecule has 1 aromatic carbocycles. The summed E-state index contributed by atoms with van der Waals surface area (Å²) in [4.78, 5) is 11.8. The van der Waals surface area contributed by atoms with E-state index in [0.717, 1.165) is 4.47 Å². The number of benzene rings is 1. The maximum atomic E-state index is 11.8. The van der Waals surface area contributed by atoms with Gasteiger partial charge in [0.15, 0.2) is 5.69 Å². The lowest BCUT2D eigenvalue weighted by atomic mass is 10.3. The standard InChI is InChI=1S/C11H11BrN4O/c1-16-5-4-10(15-16)11(17)14-9-3-2-7(13)6-8(9)12/h2-6H,13H2,1H3,(H,14,17). The maximum absolute atomic E-state index is 11.8. The highest BCUT2D eigenvalue weighted by molar-refractivity contribution is 9.10. The topological polar surface area (TPSA) is 72.9 Å². The summed E-state index contributed by atoms with van der Waals surface area (Å²) < 4.78 is 2.31.